The Labute approximate surface area is 189 Å². The molecule has 0 bridgehead atoms. The third kappa shape index (κ3) is 6.78. The van der Waals surface area contributed by atoms with Crippen molar-refractivity contribution in [3.8, 4) is 11.8 Å². The number of phosphoric acid groups is 1. The molecular formula is C19H23ClN3O6PS. The number of fused-ring (bicyclic) bond motifs is 1. The van der Waals surface area contributed by atoms with Crippen molar-refractivity contribution in [1.82, 2.24) is 10.6 Å². The first-order valence-electron chi connectivity index (χ1n) is 9.87. The van der Waals surface area contributed by atoms with Crippen molar-refractivity contribution in [3.63, 3.8) is 0 Å². The summed E-state index contributed by atoms with van der Waals surface area (Å²) >= 11 is 7.82. The van der Waals surface area contributed by atoms with E-state index in [2.05, 4.69) is 10.6 Å². The van der Waals surface area contributed by atoms with Crippen LogP contribution < -0.4 is 15.2 Å². The van der Waals surface area contributed by atoms with Gasteiger partial charge in [0.2, 0.25) is 0 Å². The topological polar surface area (TPSA) is 127 Å². The van der Waals surface area contributed by atoms with Crippen molar-refractivity contribution in [2.75, 3.05) is 12.4 Å². The molecule has 9 nitrogen and oxygen atoms in total. The summed E-state index contributed by atoms with van der Waals surface area (Å²) in [4.78, 5) is 23.7. The molecule has 2 fully saturated rings. The van der Waals surface area contributed by atoms with Crippen molar-refractivity contribution < 1.29 is 27.7 Å². The normalized spacial score (nSPS) is 23.7. The molecule has 2 aliphatic rings. The SMILES string of the molecule is N#CCCOP(=O)(OC(=O)CCCC[C@@H]1SC[C@@H]2NC(=O)N[C@@H]21)Oc1ccccc1Cl. The molecule has 3 rings (SSSR count). The molecule has 1 aromatic rings. The van der Waals surface area contributed by atoms with Crippen LogP contribution in [0.2, 0.25) is 5.02 Å². The Balaban J connectivity index is 1.47. The standard InChI is InChI=1S/C19H23ClN3O6PS/c20-13-6-1-2-7-15(13)28-30(26,27-11-5-10-21)29-17(24)9-4-3-8-16-18-14(12-31-16)22-19(25)23-18/h1-2,6-7,14,16,18H,3-5,8-9,11-12H2,(H2,22,23,25)/t14-,16-,18-,30?/m0/s1. The number of nitriles is 1. The number of halogens is 1. The van der Waals surface area contributed by atoms with Crippen LogP contribution in [0.25, 0.3) is 0 Å². The number of carbonyl (C=O) groups excluding carboxylic acids is 2. The van der Waals surface area contributed by atoms with Gasteiger partial charge in [-0.1, -0.05) is 30.2 Å². The van der Waals surface area contributed by atoms with Gasteiger partial charge in [-0.15, -0.1) is 0 Å². The number of hydrogen-bond acceptors (Lipinski definition) is 8. The fourth-order valence-corrected chi connectivity index (χ4v) is 6.31. The molecule has 0 aliphatic carbocycles. The maximum absolute atomic E-state index is 12.9. The van der Waals surface area contributed by atoms with Crippen LogP contribution in [0, 0.1) is 11.3 Å². The molecular weight excluding hydrogens is 465 g/mol. The van der Waals surface area contributed by atoms with E-state index in [1.54, 1.807) is 23.9 Å². The van der Waals surface area contributed by atoms with Crippen LogP contribution >= 0.6 is 31.2 Å². The second-order valence-corrected chi connectivity index (χ2v) is 10.2. The molecule has 12 heteroatoms. The molecule has 2 amide bonds. The number of urea groups is 1. The molecule has 0 radical (unpaired) electrons. The Morgan fingerprint density at radius 2 is 2.13 bits per heavy atom. The zero-order chi connectivity index (χ0) is 22.3. The minimum Gasteiger partial charge on any atom is -0.393 e. The van der Waals surface area contributed by atoms with Crippen molar-refractivity contribution >= 4 is 43.2 Å². The van der Waals surface area contributed by atoms with Gasteiger partial charge in [0.05, 0.1) is 36.2 Å². The van der Waals surface area contributed by atoms with Crippen LogP contribution in [0.4, 0.5) is 4.79 Å². The lowest BCUT2D eigenvalue weighted by Gasteiger charge is -2.18. The number of para-hydroxylation sites is 1. The highest BCUT2D eigenvalue weighted by Gasteiger charge is 2.42. The lowest BCUT2D eigenvalue weighted by Crippen LogP contribution is -2.36. The average molecular weight is 488 g/mol. The number of rotatable bonds is 11. The van der Waals surface area contributed by atoms with Gasteiger partial charge in [-0.2, -0.15) is 17.0 Å². The molecule has 2 saturated heterocycles. The van der Waals surface area contributed by atoms with Gasteiger partial charge < -0.3 is 19.7 Å². The van der Waals surface area contributed by atoms with E-state index < -0.39 is 13.8 Å². The summed E-state index contributed by atoms with van der Waals surface area (Å²) in [6.07, 6.45) is 2.11. The number of thioether (sulfide) groups is 1. The van der Waals surface area contributed by atoms with Crippen molar-refractivity contribution in [1.29, 1.82) is 5.26 Å². The molecule has 31 heavy (non-hydrogen) atoms. The van der Waals surface area contributed by atoms with Gasteiger partial charge in [-0.25, -0.2) is 9.36 Å². The van der Waals surface area contributed by atoms with Crippen molar-refractivity contribution in [2.24, 2.45) is 0 Å². The Morgan fingerprint density at radius 1 is 1.32 bits per heavy atom. The second kappa shape index (κ2) is 11.1. The van der Waals surface area contributed by atoms with E-state index in [-0.39, 0.29) is 48.3 Å². The highest BCUT2D eigenvalue weighted by atomic mass is 35.5. The van der Waals surface area contributed by atoms with E-state index in [9.17, 15) is 14.2 Å². The van der Waals surface area contributed by atoms with Crippen LogP contribution in [0.1, 0.15) is 32.1 Å². The molecule has 0 saturated carbocycles. The Kier molecular flexibility index (Phi) is 8.50. The van der Waals surface area contributed by atoms with Gasteiger partial charge in [-0.05, 0) is 25.0 Å². The zero-order valence-electron chi connectivity index (χ0n) is 16.6. The van der Waals surface area contributed by atoms with Gasteiger partial charge in [0.25, 0.3) is 0 Å². The van der Waals surface area contributed by atoms with E-state index in [0.29, 0.717) is 11.7 Å². The van der Waals surface area contributed by atoms with Crippen LogP contribution in [0.3, 0.4) is 0 Å². The Bertz CT molecular complexity index is 898. The second-order valence-electron chi connectivity index (χ2n) is 7.04. The van der Waals surface area contributed by atoms with Gasteiger partial charge >= 0.3 is 19.8 Å². The van der Waals surface area contributed by atoms with E-state index >= 15 is 0 Å². The lowest BCUT2D eigenvalue weighted by atomic mass is 10.0. The zero-order valence-corrected chi connectivity index (χ0v) is 19.1. The van der Waals surface area contributed by atoms with Crippen LogP contribution in [0.5, 0.6) is 5.75 Å². The van der Waals surface area contributed by atoms with E-state index in [1.165, 1.54) is 12.1 Å². The number of amides is 2. The molecule has 0 spiro atoms. The maximum atomic E-state index is 12.9. The number of carbonyl (C=O) groups is 2. The summed E-state index contributed by atoms with van der Waals surface area (Å²) in [6, 6.07) is 8.29. The number of benzene rings is 1. The monoisotopic (exact) mass is 487 g/mol. The van der Waals surface area contributed by atoms with Crippen LogP contribution in [-0.2, 0) is 18.4 Å². The molecule has 2 N–H and O–H groups in total. The van der Waals surface area contributed by atoms with Gasteiger partial charge in [0.15, 0.2) is 5.75 Å². The smallest absolute Gasteiger partial charge is 0.393 e. The minimum absolute atomic E-state index is 0.0353. The molecule has 2 aliphatic heterocycles. The van der Waals surface area contributed by atoms with Gasteiger partial charge in [0, 0.05) is 17.4 Å². The number of nitrogens with zero attached hydrogens (tertiary/aromatic N) is 1. The van der Waals surface area contributed by atoms with E-state index in [4.69, 9.17) is 30.4 Å². The van der Waals surface area contributed by atoms with Crippen LogP contribution in [-0.4, -0.2) is 41.7 Å². The quantitative estimate of drug-likeness (QED) is 0.272. The third-order valence-electron chi connectivity index (χ3n) is 4.78. The van der Waals surface area contributed by atoms with E-state index in [0.717, 1.165) is 18.6 Å². The Morgan fingerprint density at radius 3 is 2.90 bits per heavy atom. The minimum atomic E-state index is -4.29. The number of hydrogen-bond donors (Lipinski definition) is 2. The first-order valence-corrected chi connectivity index (χ1v) is 12.8. The summed E-state index contributed by atoms with van der Waals surface area (Å²) in [5, 5.41) is 15.0. The number of phosphoric ester groups is 1. The maximum Gasteiger partial charge on any atom is 0.589 e. The summed E-state index contributed by atoms with van der Waals surface area (Å²) in [6.45, 7) is -0.216. The number of nitrogens with one attached hydrogen (secondary N) is 2. The predicted molar refractivity (Wildman–Crippen MR) is 116 cm³/mol. The van der Waals surface area contributed by atoms with Crippen molar-refractivity contribution in [2.45, 2.75) is 49.4 Å². The Hall–Kier alpha value is -1.92. The van der Waals surface area contributed by atoms with Crippen LogP contribution in [0.15, 0.2) is 24.3 Å². The van der Waals surface area contributed by atoms with Gasteiger partial charge in [0.1, 0.15) is 0 Å². The summed E-state index contributed by atoms with van der Waals surface area (Å²) in [5.74, 6) is 0.205. The summed E-state index contributed by atoms with van der Waals surface area (Å²) in [5.41, 5.74) is 0. The first kappa shape index (κ1) is 23.7. The molecule has 0 aromatic heterocycles. The predicted octanol–water partition coefficient (Wildman–Crippen LogP) is 4.03. The lowest BCUT2D eigenvalue weighted by molar-refractivity contribution is -0.136. The largest absolute Gasteiger partial charge is 0.589 e. The summed E-state index contributed by atoms with van der Waals surface area (Å²) in [7, 11) is -4.29. The highest BCUT2D eigenvalue weighted by Crippen LogP contribution is 2.51. The van der Waals surface area contributed by atoms with Gasteiger partial charge in [-0.3, -0.25) is 9.32 Å². The molecule has 1 aromatic carbocycles. The first-order chi connectivity index (χ1) is 14.9. The van der Waals surface area contributed by atoms with E-state index in [1.807, 2.05) is 6.07 Å². The molecule has 4 atom stereocenters. The molecule has 1 unspecified atom stereocenters. The third-order valence-corrected chi connectivity index (χ3v) is 7.95. The fourth-order valence-electron chi connectivity index (χ4n) is 3.34. The highest BCUT2D eigenvalue weighted by molar-refractivity contribution is 8.00. The molecule has 168 valence electrons. The summed E-state index contributed by atoms with van der Waals surface area (Å²) < 4.78 is 28.3. The molecule has 2 heterocycles. The average Bonchev–Trinajstić information content (AvgIpc) is 3.26. The fraction of sp³-hybridized carbons (Fsp3) is 0.526. The number of unbranched alkanes of at least 4 members (excludes halogenated alkanes) is 1. The van der Waals surface area contributed by atoms with Crippen molar-refractivity contribution in [3.05, 3.63) is 29.3 Å².